The van der Waals surface area contributed by atoms with E-state index in [-0.39, 0.29) is 0 Å². The molecule has 0 aliphatic heterocycles. The molecule has 0 heteroatoms. The molecule has 0 nitrogen and oxygen atoms in total. The molecule has 0 N–H and O–H groups in total. The average Bonchev–Trinajstić information content (AvgIpc) is 2.68. The van der Waals surface area contributed by atoms with Gasteiger partial charge in [0.2, 0.25) is 0 Å². The monoisotopic (exact) mass is 390 g/mol. The topological polar surface area (TPSA) is 0 Å². The van der Waals surface area contributed by atoms with E-state index < -0.39 is 0 Å². The molecule has 0 fully saturated rings. The molecule has 4 aromatic rings. The minimum atomic E-state index is 1.30. The lowest BCUT2D eigenvalue weighted by molar-refractivity contribution is 1.35. The van der Waals surface area contributed by atoms with E-state index >= 15 is 0 Å². The first-order valence-corrected chi connectivity index (χ1v) is 10.7. The normalized spacial score (nSPS) is 11.0. The minimum Gasteiger partial charge on any atom is -0.0613 e. The Labute approximate surface area is 181 Å². The molecule has 30 heavy (non-hydrogen) atoms. The third-order valence-electron chi connectivity index (χ3n) is 6.14. The highest BCUT2D eigenvalue weighted by atomic mass is 14.2. The van der Waals surface area contributed by atoms with Crippen molar-refractivity contribution in [3.05, 3.63) is 106 Å². The van der Waals surface area contributed by atoms with Crippen LogP contribution >= 0.6 is 0 Å². The van der Waals surface area contributed by atoms with Crippen LogP contribution < -0.4 is 0 Å². The highest BCUT2D eigenvalue weighted by molar-refractivity contribution is 5.95. The van der Waals surface area contributed by atoms with Crippen LogP contribution in [0.1, 0.15) is 33.4 Å². The maximum absolute atomic E-state index is 2.28. The Morgan fingerprint density at radius 2 is 0.767 bits per heavy atom. The molecule has 0 amide bonds. The van der Waals surface area contributed by atoms with Gasteiger partial charge in [-0.3, -0.25) is 0 Å². The Hall–Kier alpha value is -3.12. The van der Waals surface area contributed by atoms with Crippen LogP contribution in [-0.4, -0.2) is 0 Å². The zero-order valence-corrected chi connectivity index (χ0v) is 18.9. The molecular weight excluding hydrogens is 360 g/mol. The fourth-order valence-electron chi connectivity index (χ4n) is 4.68. The van der Waals surface area contributed by atoms with Gasteiger partial charge in [0.05, 0.1) is 0 Å². The van der Waals surface area contributed by atoms with Gasteiger partial charge in [-0.1, -0.05) is 83.9 Å². The van der Waals surface area contributed by atoms with Gasteiger partial charge < -0.3 is 0 Å². The zero-order chi connectivity index (χ0) is 21.4. The summed E-state index contributed by atoms with van der Waals surface area (Å²) >= 11 is 0. The second-order valence-corrected chi connectivity index (χ2v) is 8.63. The highest BCUT2D eigenvalue weighted by Gasteiger charge is 2.18. The molecule has 0 saturated heterocycles. The number of hydrogen-bond acceptors (Lipinski definition) is 0. The fourth-order valence-corrected chi connectivity index (χ4v) is 4.68. The SMILES string of the molecule is Cc1ccc(-c2cccc(C)c2-c2c(C)cccc2-c2ccc(C)cc2C)c(C)c1. The van der Waals surface area contributed by atoms with Crippen LogP contribution in [0.3, 0.4) is 0 Å². The van der Waals surface area contributed by atoms with Crippen molar-refractivity contribution in [2.45, 2.75) is 41.5 Å². The predicted molar refractivity (Wildman–Crippen MR) is 131 cm³/mol. The van der Waals surface area contributed by atoms with Crippen molar-refractivity contribution >= 4 is 0 Å². The van der Waals surface area contributed by atoms with Gasteiger partial charge in [0.15, 0.2) is 0 Å². The summed E-state index contributed by atoms with van der Waals surface area (Å²) < 4.78 is 0. The van der Waals surface area contributed by atoms with Crippen LogP contribution in [0.4, 0.5) is 0 Å². The van der Waals surface area contributed by atoms with E-state index in [9.17, 15) is 0 Å². The van der Waals surface area contributed by atoms with Crippen LogP contribution in [-0.2, 0) is 0 Å². The maximum atomic E-state index is 2.28. The number of rotatable bonds is 3. The first-order valence-electron chi connectivity index (χ1n) is 10.7. The Kier molecular flexibility index (Phi) is 5.35. The van der Waals surface area contributed by atoms with E-state index in [4.69, 9.17) is 0 Å². The molecule has 0 bridgehead atoms. The lowest BCUT2D eigenvalue weighted by Gasteiger charge is -2.21. The van der Waals surface area contributed by atoms with Gasteiger partial charge in [0.25, 0.3) is 0 Å². The molecule has 0 unspecified atom stereocenters. The maximum Gasteiger partial charge on any atom is -0.00671 e. The number of benzene rings is 4. The van der Waals surface area contributed by atoms with E-state index in [0.717, 1.165) is 0 Å². The average molecular weight is 391 g/mol. The summed E-state index contributed by atoms with van der Waals surface area (Å²) in [6.07, 6.45) is 0. The molecule has 0 saturated carbocycles. The lowest BCUT2D eigenvalue weighted by atomic mass is 9.82. The lowest BCUT2D eigenvalue weighted by Crippen LogP contribution is -1.97. The largest absolute Gasteiger partial charge is 0.0613 e. The van der Waals surface area contributed by atoms with Crippen molar-refractivity contribution in [2.24, 2.45) is 0 Å². The summed E-state index contributed by atoms with van der Waals surface area (Å²) in [7, 11) is 0. The van der Waals surface area contributed by atoms with Crippen LogP contribution in [0, 0.1) is 41.5 Å². The molecule has 150 valence electrons. The van der Waals surface area contributed by atoms with E-state index in [2.05, 4.69) is 114 Å². The molecule has 0 spiro atoms. The Morgan fingerprint density at radius 1 is 0.367 bits per heavy atom. The molecule has 0 radical (unpaired) electrons. The van der Waals surface area contributed by atoms with Crippen LogP contribution in [0.5, 0.6) is 0 Å². The summed E-state index contributed by atoms with van der Waals surface area (Å²) in [5.74, 6) is 0. The second kappa shape index (κ2) is 7.95. The zero-order valence-electron chi connectivity index (χ0n) is 18.9. The van der Waals surface area contributed by atoms with Gasteiger partial charge in [-0.25, -0.2) is 0 Å². The van der Waals surface area contributed by atoms with Gasteiger partial charge >= 0.3 is 0 Å². The molecule has 0 aromatic heterocycles. The van der Waals surface area contributed by atoms with Gasteiger partial charge in [-0.15, -0.1) is 0 Å². The molecule has 0 aliphatic rings. The molecule has 0 heterocycles. The van der Waals surface area contributed by atoms with Crippen LogP contribution in [0.25, 0.3) is 33.4 Å². The predicted octanol–water partition coefficient (Wildman–Crippen LogP) is 8.54. The quantitative estimate of drug-likeness (QED) is 0.329. The van der Waals surface area contributed by atoms with E-state index in [1.165, 1.54) is 66.8 Å². The van der Waals surface area contributed by atoms with E-state index in [1.807, 2.05) is 0 Å². The third-order valence-corrected chi connectivity index (χ3v) is 6.14. The summed E-state index contributed by atoms with van der Waals surface area (Å²) in [6, 6.07) is 26.9. The first-order chi connectivity index (χ1) is 14.4. The Balaban J connectivity index is 2.06. The van der Waals surface area contributed by atoms with Crippen molar-refractivity contribution in [1.29, 1.82) is 0 Å². The molecule has 4 rings (SSSR count). The van der Waals surface area contributed by atoms with Gasteiger partial charge in [-0.05, 0) is 97.2 Å². The van der Waals surface area contributed by atoms with Crippen molar-refractivity contribution in [3.8, 4) is 33.4 Å². The minimum absolute atomic E-state index is 1.30. The van der Waals surface area contributed by atoms with Crippen LogP contribution in [0.15, 0.2) is 72.8 Å². The van der Waals surface area contributed by atoms with Crippen molar-refractivity contribution in [3.63, 3.8) is 0 Å². The fraction of sp³-hybridized carbons (Fsp3) is 0.200. The van der Waals surface area contributed by atoms with Gasteiger partial charge in [0, 0.05) is 0 Å². The summed E-state index contributed by atoms with van der Waals surface area (Å²) in [4.78, 5) is 0. The Bertz CT molecular complexity index is 1140. The van der Waals surface area contributed by atoms with Crippen LogP contribution in [0.2, 0.25) is 0 Å². The first kappa shape index (κ1) is 20.2. The summed E-state index contributed by atoms with van der Waals surface area (Å²) in [5.41, 5.74) is 15.8. The van der Waals surface area contributed by atoms with Gasteiger partial charge in [-0.2, -0.15) is 0 Å². The Morgan fingerprint density at radius 3 is 1.13 bits per heavy atom. The van der Waals surface area contributed by atoms with Crippen molar-refractivity contribution in [1.82, 2.24) is 0 Å². The highest BCUT2D eigenvalue weighted by Crippen LogP contribution is 2.43. The molecule has 0 atom stereocenters. The van der Waals surface area contributed by atoms with Gasteiger partial charge in [0.1, 0.15) is 0 Å². The molecule has 0 aliphatic carbocycles. The number of hydrogen-bond donors (Lipinski definition) is 0. The van der Waals surface area contributed by atoms with Crippen molar-refractivity contribution in [2.75, 3.05) is 0 Å². The van der Waals surface area contributed by atoms with E-state index in [1.54, 1.807) is 0 Å². The van der Waals surface area contributed by atoms with E-state index in [0.29, 0.717) is 0 Å². The molecule has 4 aromatic carbocycles. The van der Waals surface area contributed by atoms with Crippen molar-refractivity contribution < 1.29 is 0 Å². The second-order valence-electron chi connectivity index (χ2n) is 8.63. The number of aryl methyl sites for hydroxylation is 6. The molecular formula is C30H30. The summed E-state index contributed by atoms with van der Waals surface area (Å²) in [6.45, 7) is 13.2. The standard InChI is InChI=1S/C30H30/c1-19-13-15-25(23(5)17-19)27-11-7-9-21(3)29(27)30-22(4)10-8-12-28(30)26-16-14-20(2)18-24(26)6/h7-18H,1-6H3. The summed E-state index contributed by atoms with van der Waals surface area (Å²) in [5, 5.41) is 0. The smallest absolute Gasteiger partial charge is 0.00671 e. The third kappa shape index (κ3) is 3.59.